The predicted octanol–water partition coefficient (Wildman–Crippen LogP) is 0.895. The Morgan fingerprint density at radius 1 is 1.30 bits per heavy atom. The van der Waals surface area contributed by atoms with Gasteiger partial charge in [0.25, 0.3) is 5.91 Å². The van der Waals surface area contributed by atoms with Crippen LogP contribution in [-0.4, -0.2) is 28.7 Å². The number of nitrogens with one attached hydrogen (secondary N) is 1. The molecule has 2 aliphatic rings. The Morgan fingerprint density at radius 2 is 2.05 bits per heavy atom. The van der Waals surface area contributed by atoms with Gasteiger partial charge in [0.2, 0.25) is 11.8 Å². The third-order valence-electron chi connectivity index (χ3n) is 3.84. The number of imide groups is 1. The molecule has 3 amide bonds. The van der Waals surface area contributed by atoms with E-state index in [4.69, 9.17) is 0 Å². The first-order valence-electron chi connectivity index (χ1n) is 6.41. The Balaban J connectivity index is 1.92. The number of fused-ring (bicyclic) bond motifs is 1. The maximum absolute atomic E-state index is 13.4. The minimum Gasteiger partial charge on any atom is -0.322 e. The quantitative estimate of drug-likeness (QED) is 0.775. The van der Waals surface area contributed by atoms with Crippen LogP contribution in [0.4, 0.5) is 4.39 Å². The van der Waals surface area contributed by atoms with Gasteiger partial charge in [-0.25, -0.2) is 4.39 Å². The molecule has 1 aromatic rings. The lowest BCUT2D eigenvalue weighted by atomic mass is 10.0. The summed E-state index contributed by atoms with van der Waals surface area (Å²) in [7, 11) is 0. The van der Waals surface area contributed by atoms with Crippen molar-refractivity contribution < 1.29 is 18.8 Å². The third kappa shape index (κ3) is 1.88. The lowest BCUT2D eigenvalue weighted by Crippen LogP contribution is -2.52. The molecule has 5 nitrogen and oxygen atoms in total. The second-order valence-electron chi connectivity index (χ2n) is 5.15. The van der Waals surface area contributed by atoms with E-state index in [2.05, 4.69) is 5.32 Å². The number of carbonyl (C=O) groups excluding carboxylic acids is 3. The molecule has 20 heavy (non-hydrogen) atoms. The van der Waals surface area contributed by atoms with Crippen molar-refractivity contribution in [3.8, 4) is 0 Å². The van der Waals surface area contributed by atoms with Gasteiger partial charge in [0, 0.05) is 18.5 Å². The van der Waals surface area contributed by atoms with Crippen molar-refractivity contribution in [2.45, 2.75) is 32.4 Å². The van der Waals surface area contributed by atoms with Gasteiger partial charge in [0.1, 0.15) is 11.9 Å². The van der Waals surface area contributed by atoms with Crippen LogP contribution in [0, 0.1) is 12.7 Å². The maximum atomic E-state index is 13.4. The summed E-state index contributed by atoms with van der Waals surface area (Å²) >= 11 is 0. The van der Waals surface area contributed by atoms with E-state index in [1.54, 1.807) is 6.92 Å². The highest BCUT2D eigenvalue weighted by Gasteiger charge is 2.39. The van der Waals surface area contributed by atoms with Crippen LogP contribution in [0.15, 0.2) is 12.1 Å². The molecule has 1 N–H and O–H groups in total. The third-order valence-corrected chi connectivity index (χ3v) is 3.84. The zero-order valence-electron chi connectivity index (χ0n) is 10.9. The van der Waals surface area contributed by atoms with Crippen LogP contribution < -0.4 is 5.32 Å². The summed E-state index contributed by atoms with van der Waals surface area (Å²) in [6.45, 7) is 2.02. The molecule has 1 saturated heterocycles. The Labute approximate surface area is 114 Å². The largest absolute Gasteiger partial charge is 0.322 e. The van der Waals surface area contributed by atoms with Crippen molar-refractivity contribution in [1.82, 2.24) is 10.2 Å². The average Bonchev–Trinajstić information content (AvgIpc) is 2.68. The second-order valence-corrected chi connectivity index (χ2v) is 5.15. The van der Waals surface area contributed by atoms with Crippen LogP contribution in [0.3, 0.4) is 0 Å². The van der Waals surface area contributed by atoms with E-state index in [9.17, 15) is 18.8 Å². The fourth-order valence-electron chi connectivity index (χ4n) is 2.80. The minimum atomic E-state index is -0.657. The molecular formula is C14H13FN2O3. The summed E-state index contributed by atoms with van der Waals surface area (Å²) in [6, 6.07) is 1.92. The number of hydrogen-bond acceptors (Lipinski definition) is 3. The molecule has 2 aliphatic heterocycles. The normalized spacial score (nSPS) is 22.0. The molecule has 104 valence electrons. The highest BCUT2D eigenvalue weighted by Crippen LogP contribution is 2.30. The molecule has 1 atom stereocenters. The van der Waals surface area contributed by atoms with Gasteiger partial charge in [-0.15, -0.1) is 0 Å². The number of aryl methyl sites for hydroxylation is 1. The molecule has 6 heteroatoms. The van der Waals surface area contributed by atoms with Gasteiger partial charge in [-0.1, -0.05) is 0 Å². The molecule has 0 saturated carbocycles. The average molecular weight is 276 g/mol. The molecule has 0 spiro atoms. The molecule has 0 radical (unpaired) electrons. The van der Waals surface area contributed by atoms with Crippen molar-refractivity contribution in [1.29, 1.82) is 0 Å². The lowest BCUT2D eigenvalue weighted by molar-refractivity contribution is -0.136. The maximum Gasteiger partial charge on any atom is 0.255 e. The Hall–Kier alpha value is -2.24. The van der Waals surface area contributed by atoms with Crippen molar-refractivity contribution in [3.05, 3.63) is 34.6 Å². The highest BCUT2D eigenvalue weighted by atomic mass is 19.1. The van der Waals surface area contributed by atoms with Gasteiger partial charge < -0.3 is 4.90 Å². The monoisotopic (exact) mass is 276 g/mol. The zero-order valence-corrected chi connectivity index (χ0v) is 10.9. The van der Waals surface area contributed by atoms with Gasteiger partial charge in [-0.3, -0.25) is 19.7 Å². The van der Waals surface area contributed by atoms with Crippen LogP contribution in [0.2, 0.25) is 0 Å². The van der Waals surface area contributed by atoms with E-state index in [0.29, 0.717) is 17.5 Å². The minimum absolute atomic E-state index is 0.212. The van der Waals surface area contributed by atoms with Crippen LogP contribution in [0.1, 0.15) is 34.3 Å². The molecule has 0 bridgehead atoms. The van der Waals surface area contributed by atoms with Crippen molar-refractivity contribution in [2.75, 3.05) is 0 Å². The first-order chi connectivity index (χ1) is 9.47. The van der Waals surface area contributed by atoms with E-state index in [-0.39, 0.29) is 24.8 Å². The van der Waals surface area contributed by atoms with E-state index < -0.39 is 17.8 Å². The molecule has 0 unspecified atom stereocenters. The number of carbonyl (C=O) groups is 3. The van der Waals surface area contributed by atoms with E-state index >= 15 is 0 Å². The molecular weight excluding hydrogens is 263 g/mol. The summed E-state index contributed by atoms with van der Waals surface area (Å²) in [5, 5.41) is 2.23. The van der Waals surface area contributed by atoms with Crippen LogP contribution in [0.5, 0.6) is 0 Å². The van der Waals surface area contributed by atoms with Gasteiger partial charge >= 0.3 is 0 Å². The van der Waals surface area contributed by atoms with Crippen molar-refractivity contribution in [3.63, 3.8) is 0 Å². The number of halogens is 1. The molecule has 0 aliphatic carbocycles. The van der Waals surface area contributed by atoms with Crippen LogP contribution in [-0.2, 0) is 16.1 Å². The molecule has 3 rings (SSSR count). The van der Waals surface area contributed by atoms with Gasteiger partial charge in [-0.05, 0) is 36.6 Å². The van der Waals surface area contributed by atoms with Crippen molar-refractivity contribution in [2.24, 2.45) is 0 Å². The lowest BCUT2D eigenvalue weighted by Gasteiger charge is -2.29. The molecule has 0 aromatic heterocycles. The number of benzene rings is 1. The zero-order chi connectivity index (χ0) is 14.4. The van der Waals surface area contributed by atoms with E-state index in [0.717, 1.165) is 5.56 Å². The topological polar surface area (TPSA) is 66.5 Å². The Bertz CT molecular complexity index is 642. The number of rotatable bonds is 1. The second kappa shape index (κ2) is 4.40. The Morgan fingerprint density at radius 3 is 2.75 bits per heavy atom. The van der Waals surface area contributed by atoms with Crippen LogP contribution in [0.25, 0.3) is 0 Å². The number of nitrogens with zero attached hydrogens (tertiary/aromatic N) is 1. The predicted molar refractivity (Wildman–Crippen MR) is 67.2 cm³/mol. The van der Waals surface area contributed by atoms with Crippen molar-refractivity contribution >= 4 is 17.7 Å². The van der Waals surface area contributed by atoms with Gasteiger partial charge in [0.15, 0.2) is 0 Å². The summed E-state index contributed by atoms with van der Waals surface area (Å²) in [6.07, 6.45) is 0.524. The first kappa shape index (κ1) is 12.8. The summed E-state index contributed by atoms with van der Waals surface area (Å²) in [5.74, 6) is -1.59. The fourth-order valence-corrected chi connectivity index (χ4v) is 2.80. The van der Waals surface area contributed by atoms with Gasteiger partial charge in [-0.2, -0.15) is 0 Å². The summed E-state index contributed by atoms with van der Waals surface area (Å²) < 4.78 is 13.4. The van der Waals surface area contributed by atoms with E-state index in [1.165, 1.54) is 17.0 Å². The molecule has 2 heterocycles. The number of hydrogen-bond donors (Lipinski definition) is 1. The standard InChI is InChI=1S/C14H13FN2O3/c1-7-4-8(15)5-9-10(7)6-17(14(9)20)11-2-3-12(18)16-13(11)19/h4-5,11H,2-3,6H2,1H3,(H,16,18,19)/t11-/m0/s1. The Kier molecular flexibility index (Phi) is 2.81. The van der Waals surface area contributed by atoms with Crippen LogP contribution >= 0.6 is 0 Å². The van der Waals surface area contributed by atoms with Gasteiger partial charge in [0.05, 0.1) is 0 Å². The summed E-state index contributed by atoms with van der Waals surface area (Å²) in [5.41, 5.74) is 1.76. The first-order valence-corrected chi connectivity index (χ1v) is 6.41. The molecule has 1 fully saturated rings. The smallest absolute Gasteiger partial charge is 0.255 e. The fraction of sp³-hybridized carbons (Fsp3) is 0.357. The van der Waals surface area contributed by atoms with E-state index in [1.807, 2.05) is 0 Å². The SMILES string of the molecule is Cc1cc(F)cc2c1CN([C@H]1CCC(=O)NC1=O)C2=O. The number of amides is 3. The molecule has 1 aromatic carbocycles. The number of piperidine rings is 1. The highest BCUT2D eigenvalue weighted by molar-refractivity contribution is 6.05. The summed E-state index contributed by atoms with van der Waals surface area (Å²) in [4.78, 5) is 36.7.